The van der Waals surface area contributed by atoms with E-state index in [1.807, 2.05) is 33.8 Å². The zero-order valence-electron chi connectivity index (χ0n) is 17.3. The molecule has 1 N–H and O–H groups in total. The van der Waals surface area contributed by atoms with Crippen molar-refractivity contribution in [3.8, 4) is 0 Å². The number of rotatable bonds is 7. The van der Waals surface area contributed by atoms with Crippen LogP contribution in [-0.4, -0.2) is 55.7 Å². The van der Waals surface area contributed by atoms with Gasteiger partial charge in [0.2, 0.25) is 5.91 Å². The Bertz CT molecular complexity index is 577. The molecule has 7 heteroatoms. The first-order chi connectivity index (χ1) is 12.6. The van der Waals surface area contributed by atoms with Crippen LogP contribution >= 0.6 is 0 Å². The normalized spacial score (nSPS) is 29.9. The molecule has 154 valence electrons. The molecular weight excluding hydrogens is 350 g/mol. The lowest BCUT2D eigenvalue weighted by atomic mass is 9.68. The highest BCUT2D eigenvalue weighted by Gasteiger charge is 2.64. The van der Waals surface area contributed by atoms with Crippen LogP contribution in [0.3, 0.4) is 0 Å². The Labute approximate surface area is 161 Å². The molecule has 4 atom stereocenters. The zero-order chi connectivity index (χ0) is 20.2. The fourth-order valence-corrected chi connectivity index (χ4v) is 3.96. The maximum absolute atomic E-state index is 12.0. The van der Waals surface area contributed by atoms with Crippen LogP contribution in [0.25, 0.3) is 0 Å². The maximum atomic E-state index is 12.0. The maximum Gasteiger partial charge on any atom is 0.414 e. The molecule has 1 aliphatic carbocycles. The van der Waals surface area contributed by atoms with Crippen LogP contribution in [0.4, 0.5) is 4.79 Å². The summed E-state index contributed by atoms with van der Waals surface area (Å²) in [6, 6.07) is 0. The van der Waals surface area contributed by atoms with Crippen molar-refractivity contribution in [3.05, 3.63) is 11.6 Å². The van der Waals surface area contributed by atoms with Gasteiger partial charge < -0.3 is 18.9 Å². The minimum Gasteiger partial charge on any atom is -0.443 e. The van der Waals surface area contributed by atoms with Gasteiger partial charge in [-0.15, -0.1) is 0 Å². The highest BCUT2D eigenvalue weighted by molar-refractivity contribution is 5.91. The van der Waals surface area contributed by atoms with E-state index in [1.54, 1.807) is 14.0 Å². The average Bonchev–Trinajstić information content (AvgIpc) is 3.35. The molecule has 7 nitrogen and oxygen atoms in total. The van der Waals surface area contributed by atoms with Gasteiger partial charge in [-0.1, -0.05) is 18.6 Å². The van der Waals surface area contributed by atoms with E-state index >= 15 is 0 Å². The Hall–Kier alpha value is -1.44. The number of hydrogen-bond acceptors (Lipinski definition) is 6. The van der Waals surface area contributed by atoms with Crippen LogP contribution in [0.15, 0.2) is 11.6 Å². The molecule has 0 aromatic carbocycles. The van der Waals surface area contributed by atoms with Crippen LogP contribution in [0.2, 0.25) is 0 Å². The summed E-state index contributed by atoms with van der Waals surface area (Å²) in [5.74, 6) is -0.470. The van der Waals surface area contributed by atoms with Gasteiger partial charge in [0.25, 0.3) is 0 Å². The van der Waals surface area contributed by atoms with Crippen molar-refractivity contribution in [1.29, 1.82) is 0 Å². The van der Waals surface area contributed by atoms with Crippen LogP contribution in [0.5, 0.6) is 0 Å². The number of carbonyl (C=O) groups excluding carboxylic acids is 2. The first kappa shape index (κ1) is 21.9. The SMILES string of the molecule is CCC(=O)NC(=O)OC1CC[C@]2(CO2)C(C(C)(C)OCC=C(C)C)C1OC. The molecule has 27 heavy (non-hydrogen) atoms. The molecule has 1 heterocycles. The molecule has 1 spiro atoms. The summed E-state index contributed by atoms with van der Waals surface area (Å²) in [7, 11) is 1.61. The van der Waals surface area contributed by atoms with Crippen molar-refractivity contribution >= 4 is 12.0 Å². The number of ether oxygens (including phenoxy) is 4. The van der Waals surface area contributed by atoms with E-state index < -0.39 is 17.8 Å². The van der Waals surface area contributed by atoms with Crippen molar-refractivity contribution in [1.82, 2.24) is 5.32 Å². The van der Waals surface area contributed by atoms with E-state index in [-0.39, 0.29) is 30.0 Å². The molecule has 2 fully saturated rings. The third-order valence-corrected chi connectivity index (χ3v) is 5.42. The molecule has 3 unspecified atom stereocenters. The average molecular weight is 383 g/mol. The Kier molecular flexibility index (Phi) is 7.05. The largest absolute Gasteiger partial charge is 0.443 e. The van der Waals surface area contributed by atoms with Gasteiger partial charge in [0.15, 0.2) is 0 Å². The van der Waals surface area contributed by atoms with Gasteiger partial charge in [-0.2, -0.15) is 0 Å². The van der Waals surface area contributed by atoms with Gasteiger partial charge in [0.05, 0.1) is 24.4 Å². The number of imide groups is 1. The van der Waals surface area contributed by atoms with Gasteiger partial charge in [0, 0.05) is 19.4 Å². The van der Waals surface area contributed by atoms with Crippen LogP contribution in [-0.2, 0) is 23.7 Å². The van der Waals surface area contributed by atoms with Crippen molar-refractivity contribution in [3.63, 3.8) is 0 Å². The molecular formula is C20H33NO6. The molecule has 0 aromatic rings. The summed E-state index contributed by atoms with van der Waals surface area (Å²) >= 11 is 0. The fraction of sp³-hybridized carbons (Fsp3) is 0.800. The highest BCUT2D eigenvalue weighted by Crippen LogP contribution is 2.52. The number of nitrogens with one attached hydrogen (secondary N) is 1. The third kappa shape index (κ3) is 5.30. The molecule has 1 aliphatic heterocycles. The van der Waals surface area contributed by atoms with E-state index in [9.17, 15) is 9.59 Å². The number of amides is 2. The highest BCUT2D eigenvalue weighted by atomic mass is 16.6. The van der Waals surface area contributed by atoms with Crippen LogP contribution in [0, 0.1) is 5.92 Å². The Morgan fingerprint density at radius 3 is 2.52 bits per heavy atom. The van der Waals surface area contributed by atoms with Crippen molar-refractivity contribution < 1.29 is 28.5 Å². The molecule has 0 radical (unpaired) electrons. The second kappa shape index (κ2) is 8.71. The minimum absolute atomic E-state index is 0.103. The Morgan fingerprint density at radius 2 is 2.00 bits per heavy atom. The number of methoxy groups -OCH3 is 1. The summed E-state index contributed by atoms with van der Waals surface area (Å²) in [5, 5.41) is 2.23. The summed E-state index contributed by atoms with van der Waals surface area (Å²) in [4.78, 5) is 23.5. The second-order valence-electron chi connectivity index (χ2n) is 8.11. The molecule has 2 amide bonds. The smallest absolute Gasteiger partial charge is 0.414 e. The first-order valence-corrected chi connectivity index (χ1v) is 9.59. The predicted molar refractivity (Wildman–Crippen MR) is 100 cm³/mol. The van der Waals surface area contributed by atoms with Gasteiger partial charge in [-0.3, -0.25) is 10.1 Å². The molecule has 2 rings (SSSR count). The molecule has 1 saturated heterocycles. The molecule has 0 aromatic heterocycles. The fourth-order valence-electron chi connectivity index (χ4n) is 3.96. The van der Waals surface area contributed by atoms with Crippen molar-refractivity contribution in [2.24, 2.45) is 5.92 Å². The molecule has 1 saturated carbocycles. The summed E-state index contributed by atoms with van der Waals surface area (Å²) in [6.07, 6.45) is 2.04. The molecule has 2 aliphatic rings. The Balaban J connectivity index is 2.14. The standard InChI is InChI=1S/C20H33NO6/c1-7-15(22)21-18(23)27-14-8-10-20(12-26-20)17(16(14)24-6)19(4,5)25-11-9-13(2)3/h9,14,16-17H,7-8,10-12H2,1-6H3,(H,21,22,23)/t14?,16?,17?,20-/m0/s1. The lowest BCUT2D eigenvalue weighted by Gasteiger charge is -2.47. The summed E-state index contributed by atoms with van der Waals surface area (Å²) < 4.78 is 23.3. The van der Waals surface area contributed by atoms with Gasteiger partial charge in [0.1, 0.15) is 12.2 Å². The zero-order valence-corrected chi connectivity index (χ0v) is 17.3. The quantitative estimate of drug-likeness (QED) is 0.537. The summed E-state index contributed by atoms with van der Waals surface area (Å²) in [6.45, 7) is 10.9. The van der Waals surface area contributed by atoms with E-state index in [1.165, 1.54) is 5.57 Å². The van der Waals surface area contributed by atoms with Crippen molar-refractivity contribution in [2.75, 3.05) is 20.3 Å². The number of alkyl carbamates (subject to hydrolysis) is 1. The predicted octanol–water partition coefficient (Wildman–Crippen LogP) is 2.97. The monoisotopic (exact) mass is 383 g/mol. The van der Waals surface area contributed by atoms with Crippen LogP contribution in [0.1, 0.15) is 53.9 Å². The van der Waals surface area contributed by atoms with E-state index in [2.05, 4.69) is 5.32 Å². The van der Waals surface area contributed by atoms with Gasteiger partial charge in [-0.25, -0.2) is 4.79 Å². The number of allylic oxidation sites excluding steroid dienone is 1. The second-order valence-corrected chi connectivity index (χ2v) is 8.11. The Morgan fingerprint density at radius 1 is 1.33 bits per heavy atom. The summed E-state index contributed by atoms with van der Waals surface area (Å²) in [5.41, 5.74) is 0.347. The van der Waals surface area contributed by atoms with E-state index in [4.69, 9.17) is 18.9 Å². The van der Waals surface area contributed by atoms with E-state index in [0.717, 1.165) is 6.42 Å². The number of hydrogen-bond donors (Lipinski definition) is 1. The van der Waals surface area contributed by atoms with E-state index in [0.29, 0.717) is 19.6 Å². The van der Waals surface area contributed by atoms with Gasteiger partial charge in [-0.05, 0) is 40.5 Å². The lowest BCUT2D eigenvalue weighted by Crippen LogP contribution is -2.59. The van der Waals surface area contributed by atoms with Crippen LogP contribution < -0.4 is 5.32 Å². The number of carbonyl (C=O) groups is 2. The third-order valence-electron chi connectivity index (χ3n) is 5.42. The minimum atomic E-state index is -0.733. The topological polar surface area (TPSA) is 86.4 Å². The number of epoxide rings is 1. The van der Waals surface area contributed by atoms with Crippen molar-refractivity contribution in [2.45, 2.75) is 77.3 Å². The molecule has 0 bridgehead atoms. The van der Waals surface area contributed by atoms with Gasteiger partial charge >= 0.3 is 6.09 Å². The first-order valence-electron chi connectivity index (χ1n) is 9.59. The lowest BCUT2D eigenvalue weighted by molar-refractivity contribution is -0.172.